The average Bonchev–Trinajstić information content (AvgIpc) is 2.97. The van der Waals surface area contributed by atoms with Crippen LogP contribution in [0.25, 0.3) is 0 Å². The van der Waals surface area contributed by atoms with E-state index < -0.39 is 0 Å². The van der Waals surface area contributed by atoms with Gasteiger partial charge in [-0.25, -0.2) is 4.48 Å². The Hall–Kier alpha value is -2.48. The zero-order valence-electron chi connectivity index (χ0n) is 27.9. The number of hydrogen-bond donors (Lipinski definition) is 1. The number of unbranched alkanes of at least 4 members (excludes halogenated alkanes) is 2. The van der Waals surface area contributed by atoms with Crippen LogP contribution in [-0.2, 0) is 0 Å². The van der Waals surface area contributed by atoms with E-state index in [1.54, 1.807) is 6.07 Å². The summed E-state index contributed by atoms with van der Waals surface area (Å²) in [5.41, 5.74) is 5.28. The van der Waals surface area contributed by atoms with Crippen LogP contribution in [0, 0.1) is 12.8 Å². The molecule has 2 radical (unpaired) electrons. The van der Waals surface area contributed by atoms with E-state index in [1.807, 2.05) is 12.1 Å². The molecule has 6 nitrogen and oxygen atoms in total. The van der Waals surface area contributed by atoms with Gasteiger partial charge in [0.25, 0.3) is 5.91 Å². The first-order valence-electron chi connectivity index (χ1n) is 16.6. The lowest BCUT2D eigenvalue weighted by molar-refractivity contribution is 0.0998. The third-order valence-corrected chi connectivity index (χ3v) is 8.80. The molecule has 7 heteroatoms. The fraction of sp³-hybridized carbons (Fsp3) is 0.611. The Kier molecular flexibility index (Phi) is 13.5. The zero-order valence-corrected chi connectivity index (χ0v) is 27.9. The molecule has 0 spiro atoms. The first kappa shape index (κ1) is 35.0. The molecule has 43 heavy (non-hydrogen) atoms. The lowest BCUT2D eigenvalue weighted by Gasteiger charge is -2.40. The maximum atomic E-state index is 13.2. The summed E-state index contributed by atoms with van der Waals surface area (Å²) in [6, 6.07) is 10.3. The Bertz CT molecular complexity index is 1240. The van der Waals surface area contributed by atoms with Gasteiger partial charge in [0.05, 0.1) is 12.6 Å². The van der Waals surface area contributed by atoms with Gasteiger partial charge in [-0.2, -0.15) is 4.99 Å². The minimum Gasteiger partial charge on any atom is -0.492 e. The fourth-order valence-electron chi connectivity index (χ4n) is 6.81. The normalized spacial score (nSPS) is 17.3. The number of aryl methyl sites for hydroxylation is 1. The molecule has 2 aromatic carbocycles. The second-order valence-corrected chi connectivity index (χ2v) is 12.6. The van der Waals surface area contributed by atoms with E-state index in [4.69, 9.17) is 12.6 Å². The summed E-state index contributed by atoms with van der Waals surface area (Å²) in [5.74, 6) is 1.89. The minimum absolute atomic E-state index is 0.0444. The quantitative estimate of drug-likeness (QED) is 0.114. The molecule has 0 aliphatic carbocycles. The maximum absolute atomic E-state index is 13.2. The molecule has 1 aliphatic heterocycles. The number of carbonyl (C=O) groups excluding carboxylic acids is 1. The predicted octanol–water partition coefficient (Wildman–Crippen LogP) is 7.20. The third-order valence-electron chi connectivity index (χ3n) is 8.80. The molecule has 0 bridgehead atoms. The smallest absolute Gasteiger partial charge is 0.287 e. The van der Waals surface area contributed by atoms with Crippen LogP contribution < -0.4 is 14.7 Å². The molecule has 1 heterocycles. The molecule has 2 unspecified atom stereocenters. The van der Waals surface area contributed by atoms with Crippen LogP contribution in [0.2, 0.25) is 0 Å². The number of amides is 1. The number of aliphatic imine (C=N–C) groups is 1. The average molecular weight is 589 g/mol. The van der Waals surface area contributed by atoms with E-state index in [0.717, 1.165) is 99.5 Å². The van der Waals surface area contributed by atoms with Crippen molar-refractivity contribution >= 4 is 36.4 Å². The topological polar surface area (TPSA) is 62.1 Å². The second kappa shape index (κ2) is 16.6. The van der Waals surface area contributed by atoms with Crippen molar-refractivity contribution in [2.45, 2.75) is 98.8 Å². The van der Waals surface area contributed by atoms with Crippen LogP contribution in [-0.4, -0.2) is 69.5 Å². The van der Waals surface area contributed by atoms with Crippen LogP contribution in [0.15, 0.2) is 35.3 Å². The number of rotatable bonds is 18. The number of fused-ring (bicyclic) bond motifs is 1. The first-order chi connectivity index (χ1) is 20.6. The Balaban J connectivity index is 2.16. The second-order valence-electron chi connectivity index (χ2n) is 12.6. The van der Waals surface area contributed by atoms with Crippen molar-refractivity contribution in [2.24, 2.45) is 10.9 Å². The lowest BCUT2D eigenvalue weighted by atomic mass is 9.85. The van der Waals surface area contributed by atoms with Gasteiger partial charge < -0.3 is 9.84 Å². The van der Waals surface area contributed by atoms with Gasteiger partial charge >= 0.3 is 0 Å². The van der Waals surface area contributed by atoms with Gasteiger partial charge in [-0.15, -0.1) is 0 Å². The molecule has 234 valence electrons. The van der Waals surface area contributed by atoms with Crippen LogP contribution in [0.1, 0.15) is 113 Å². The van der Waals surface area contributed by atoms with Gasteiger partial charge in [0, 0.05) is 36.8 Å². The van der Waals surface area contributed by atoms with Crippen molar-refractivity contribution in [3.63, 3.8) is 0 Å². The summed E-state index contributed by atoms with van der Waals surface area (Å²) < 4.78 is 7.04. The number of benzene rings is 2. The number of ether oxygens (including phenoxy) is 1. The molecule has 0 saturated heterocycles. The number of hydrogen-bond acceptors (Lipinski definition) is 4. The number of quaternary nitrogens is 1. The zero-order chi connectivity index (χ0) is 31.6. The minimum atomic E-state index is -0.268. The number of amidine groups is 1. The molecule has 3 rings (SSSR count). The van der Waals surface area contributed by atoms with E-state index in [1.165, 1.54) is 5.56 Å². The number of nitrogens with zero attached hydrogens (tertiary/aromatic N) is 3. The standard InChI is InChI=1S/C36H55BN3O3/c1-8-15-28(16-12-11-13-22-41)29-24-27(6)32(25-33(29)43-23-21-39(19-9-2)20-10-3)40(7)31-18-14-17-30(37)34(31)36(42)38-35(40)26(4)5/h14,17-18,24-26,28,41H,8-13,15-16,19-23H2,1-7H3/q+1. The van der Waals surface area contributed by atoms with E-state index in [9.17, 15) is 9.90 Å². The highest BCUT2D eigenvalue weighted by Crippen LogP contribution is 2.46. The molecule has 1 N–H and O–H groups in total. The highest BCUT2D eigenvalue weighted by molar-refractivity contribution is 6.38. The van der Waals surface area contributed by atoms with Crippen LogP contribution in [0.5, 0.6) is 5.75 Å². The highest BCUT2D eigenvalue weighted by atomic mass is 16.5. The number of carbonyl (C=O) groups is 1. The van der Waals surface area contributed by atoms with Crippen molar-refractivity contribution in [3.05, 3.63) is 47.0 Å². The molecule has 2 aromatic rings. The van der Waals surface area contributed by atoms with Crippen LogP contribution >= 0.6 is 0 Å². The summed E-state index contributed by atoms with van der Waals surface area (Å²) >= 11 is 0. The first-order valence-corrected chi connectivity index (χ1v) is 16.6. The fourth-order valence-corrected chi connectivity index (χ4v) is 6.81. The number of aliphatic hydroxyl groups excluding tert-OH is 1. The molecule has 1 aliphatic rings. The maximum Gasteiger partial charge on any atom is 0.287 e. The molecule has 0 aromatic heterocycles. The van der Waals surface area contributed by atoms with Gasteiger partial charge in [0.15, 0.2) is 11.4 Å². The van der Waals surface area contributed by atoms with Crippen LogP contribution in [0.4, 0.5) is 11.4 Å². The Morgan fingerprint density at radius 3 is 2.33 bits per heavy atom. The molecular weight excluding hydrogens is 533 g/mol. The summed E-state index contributed by atoms with van der Waals surface area (Å²) in [6.45, 7) is 17.0. The van der Waals surface area contributed by atoms with E-state index in [2.05, 4.69) is 70.6 Å². The Labute approximate surface area is 262 Å². The van der Waals surface area contributed by atoms with E-state index in [-0.39, 0.29) is 18.4 Å². The molecule has 2 atom stereocenters. The summed E-state index contributed by atoms with van der Waals surface area (Å²) in [7, 11) is 8.52. The molecule has 1 amide bonds. The lowest BCUT2D eigenvalue weighted by Crippen LogP contribution is -2.52. The summed E-state index contributed by atoms with van der Waals surface area (Å²) in [5, 5.41) is 9.33. The van der Waals surface area contributed by atoms with Gasteiger partial charge in [-0.3, -0.25) is 9.69 Å². The van der Waals surface area contributed by atoms with Gasteiger partial charge in [0.2, 0.25) is 5.84 Å². The Morgan fingerprint density at radius 1 is 0.977 bits per heavy atom. The van der Waals surface area contributed by atoms with Gasteiger partial charge in [-0.1, -0.05) is 71.5 Å². The highest BCUT2D eigenvalue weighted by Gasteiger charge is 2.45. The van der Waals surface area contributed by atoms with Crippen molar-refractivity contribution in [1.29, 1.82) is 0 Å². The SMILES string of the molecule is [B]c1cccc2c1C(=O)N=C(C(C)C)[N+]2(C)c1cc(OCCN(CCC)CCC)c(C(CCC)CCCCCO)cc1C. The van der Waals surface area contributed by atoms with Gasteiger partial charge in [0.1, 0.15) is 20.2 Å². The van der Waals surface area contributed by atoms with Crippen LogP contribution in [0.3, 0.4) is 0 Å². The molecule has 0 saturated carbocycles. The van der Waals surface area contributed by atoms with Crippen molar-refractivity contribution in [3.8, 4) is 5.75 Å². The van der Waals surface area contributed by atoms with Crippen molar-refractivity contribution in [2.75, 3.05) is 39.9 Å². The monoisotopic (exact) mass is 588 g/mol. The molecule has 0 fully saturated rings. The van der Waals surface area contributed by atoms with Crippen molar-refractivity contribution < 1.29 is 14.6 Å². The van der Waals surface area contributed by atoms with Crippen molar-refractivity contribution in [1.82, 2.24) is 9.38 Å². The van der Waals surface area contributed by atoms with E-state index in [0.29, 0.717) is 28.0 Å². The predicted molar refractivity (Wildman–Crippen MR) is 183 cm³/mol. The largest absolute Gasteiger partial charge is 0.492 e. The third kappa shape index (κ3) is 8.17. The summed E-state index contributed by atoms with van der Waals surface area (Å²) in [4.78, 5) is 20.4. The number of aliphatic hydroxyl groups is 1. The molecular formula is C36H55BN3O3+. The summed E-state index contributed by atoms with van der Waals surface area (Å²) in [6.07, 6.45) is 8.46. The van der Waals surface area contributed by atoms with Gasteiger partial charge in [-0.05, 0) is 69.7 Å². The Morgan fingerprint density at radius 2 is 1.70 bits per heavy atom. The van der Waals surface area contributed by atoms with E-state index >= 15 is 0 Å².